The maximum absolute atomic E-state index is 5.63. The fraction of sp³-hybridized carbons (Fsp3) is 0.429. The Kier molecular flexibility index (Phi) is 6.77. The highest BCUT2D eigenvalue weighted by Crippen LogP contribution is 2.34. The van der Waals surface area contributed by atoms with Crippen LogP contribution < -0.4 is 10.1 Å². The van der Waals surface area contributed by atoms with E-state index in [1.807, 2.05) is 0 Å². The average Bonchev–Trinajstić information content (AvgIpc) is 2.30. The van der Waals surface area contributed by atoms with Gasteiger partial charge in [-0.2, -0.15) is 0 Å². The molecule has 0 fully saturated rings. The van der Waals surface area contributed by atoms with Crippen molar-refractivity contribution >= 4 is 31.9 Å². The molecule has 18 heavy (non-hydrogen) atoms. The predicted molar refractivity (Wildman–Crippen MR) is 82.8 cm³/mol. The zero-order valence-electron chi connectivity index (χ0n) is 10.6. The van der Waals surface area contributed by atoms with Gasteiger partial charge in [-0.3, -0.25) is 0 Å². The molecule has 1 aromatic carbocycles. The van der Waals surface area contributed by atoms with Crippen molar-refractivity contribution < 1.29 is 4.74 Å². The van der Waals surface area contributed by atoms with Gasteiger partial charge in [0.1, 0.15) is 5.75 Å². The second-order valence-electron chi connectivity index (χ2n) is 4.23. The number of halogens is 2. The van der Waals surface area contributed by atoms with Crippen molar-refractivity contribution in [2.75, 3.05) is 6.61 Å². The Morgan fingerprint density at radius 2 is 1.94 bits per heavy atom. The lowest BCUT2D eigenvalue weighted by atomic mass is 10.2. The van der Waals surface area contributed by atoms with E-state index >= 15 is 0 Å². The van der Waals surface area contributed by atoms with Gasteiger partial charge >= 0.3 is 0 Å². The highest BCUT2D eigenvalue weighted by molar-refractivity contribution is 9.11. The van der Waals surface area contributed by atoms with Crippen LogP contribution in [-0.4, -0.2) is 12.6 Å². The minimum Gasteiger partial charge on any atom is -0.490 e. The zero-order valence-corrected chi connectivity index (χ0v) is 13.8. The van der Waals surface area contributed by atoms with Gasteiger partial charge < -0.3 is 10.1 Å². The molecule has 0 aromatic heterocycles. The number of ether oxygens (including phenoxy) is 1. The quantitative estimate of drug-likeness (QED) is 0.597. The highest BCUT2D eigenvalue weighted by atomic mass is 79.9. The summed E-state index contributed by atoms with van der Waals surface area (Å²) in [6, 6.07) is 4.59. The van der Waals surface area contributed by atoms with Crippen LogP contribution in [0.1, 0.15) is 25.8 Å². The molecule has 0 bridgehead atoms. The Morgan fingerprint density at radius 3 is 2.44 bits per heavy atom. The number of hydrogen-bond donors (Lipinski definition) is 1. The Labute approximate surface area is 126 Å². The van der Waals surface area contributed by atoms with Gasteiger partial charge in [0.2, 0.25) is 0 Å². The number of nitrogens with one attached hydrogen (secondary N) is 1. The van der Waals surface area contributed by atoms with Crippen LogP contribution in [-0.2, 0) is 6.54 Å². The Hall–Kier alpha value is -0.500. The van der Waals surface area contributed by atoms with Crippen molar-refractivity contribution in [3.05, 3.63) is 26.6 Å². The molecule has 1 rings (SSSR count). The molecule has 0 unspecified atom stereocenters. The Balaban J connectivity index is 2.74. The SMILES string of the molecule is C#CCCOc1c(Br)cc(CNC(C)C)cc1Br. The van der Waals surface area contributed by atoms with Crippen LogP contribution in [0.2, 0.25) is 0 Å². The summed E-state index contributed by atoms with van der Waals surface area (Å²) in [6.45, 7) is 5.61. The molecule has 2 nitrogen and oxygen atoms in total. The first kappa shape index (κ1) is 15.6. The third kappa shape index (κ3) is 5.01. The average molecular weight is 375 g/mol. The maximum atomic E-state index is 5.63. The van der Waals surface area contributed by atoms with Gasteiger partial charge in [0.15, 0.2) is 0 Å². The Morgan fingerprint density at radius 1 is 1.33 bits per heavy atom. The molecule has 0 saturated heterocycles. The van der Waals surface area contributed by atoms with Gasteiger partial charge in [-0.25, -0.2) is 0 Å². The molecule has 0 aliphatic carbocycles. The first-order chi connectivity index (χ1) is 8.54. The number of hydrogen-bond acceptors (Lipinski definition) is 2. The smallest absolute Gasteiger partial charge is 0.147 e. The van der Waals surface area contributed by atoms with Crippen LogP contribution in [0.4, 0.5) is 0 Å². The second kappa shape index (κ2) is 7.83. The molecule has 0 saturated carbocycles. The van der Waals surface area contributed by atoms with Gasteiger partial charge in [-0.05, 0) is 49.6 Å². The van der Waals surface area contributed by atoms with Crippen LogP contribution in [0.5, 0.6) is 5.75 Å². The monoisotopic (exact) mass is 373 g/mol. The topological polar surface area (TPSA) is 21.3 Å². The van der Waals surface area contributed by atoms with Crippen molar-refractivity contribution in [1.29, 1.82) is 0 Å². The molecule has 0 aliphatic rings. The van der Waals surface area contributed by atoms with E-state index in [1.165, 1.54) is 5.56 Å². The fourth-order valence-electron chi connectivity index (χ4n) is 1.39. The maximum Gasteiger partial charge on any atom is 0.147 e. The number of terminal acetylenes is 1. The van der Waals surface area contributed by atoms with E-state index in [0.29, 0.717) is 19.1 Å². The van der Waals surface area contributed by atoms with E-state index in [9.17, 15) is 0 Å². The molecular formula is C14H17Br2NO. The van der Waals surface area contributed by atoms with Crippen LogP contribution in [0, 0.1) is 12.3 Å². The second-order valence-corrected chi connectivity index (χ2v) is 5.94. The predicted octanol–water partition coefficient (Wildman–Crippen LogP) is 4.11. The van der Waals surface area contributed by atoms with Crippen LogP contribution >= 0.6 is 31.9 Å². The molecule has 0 atom stereocenters. The van der Waals surface area contributed by atoms with Crippen LogP contribution in [0.3, 0.4) is 0 Å². The van der Waals surface area contributed by atoms with Crippen molar-refractivity contribution in [2.24, 2.45) is 0 Å². The van der Waals surface area contributed by atoms with Gasteiger partial charge in [-0.1, -0.05) is 13.8 Å². The van der Waals surface area contributed by atoms with Gasteiger partial charge in [0, 0.05) is 19.0 Å². The standard InChI is InChI=1S/C14H17Br2NO/c1-4-5-6-18-14-12(15)7-11(8-13(14)16)9-17-10(2)3/h1,7-8,10,17H,5-6,9H2,2-3H3. The summed E-state index contributed by atoms with van der Waals surface area (Å²) in [7, 11) is 0. The van der Waals surface area contributed by atoms with E-state index in [0.717, 1.165) is 21.2 Å². The van der Waals surface area contributed by atoms with Crippen molar-refractivity contribution in [1.82, 2.24) is 5.32 Å². The summed E-state index contributed by atoms with van der Waals surface area (Å²) in [5, 5.41) is 3.38. The van der Waals surface area contributed by atoms with Gasteiger partial charge in [0.25, 0.3) is 0 Å². The zero-order chi connectivity index (χ0) is 13.5. The van der Waals surface area contributed by atoms with E-state index in [2.05, 4.69) is 69.1 Å². The summed E-state index contributed by atoms with van der Waals surface area (Å²) in [5.41, 5.74) is 1.20. The third-order valence-corrected chi connectivity index (χ3v) is 3.44. The van der Waals surface area contributed by atoms with E-state index in [1.54, 1.807) is 0 Å². The lowest BCUT2D eigenvalue weighted by Crippen LogP contribution is -2.21. The highest BCUT2D eigenvalue weighted by Gasteiger charge is 2.09. The number of benzene rings is 1. The molecule has 1 aromatic rings. The summed E-state index contributed by atoms with van der Waals surface area (Å²) < 4.78 is 7.51. The lowest BCUT2D eigenvalue weighted by Gasteiger charge is -2.13. The summed E-state index contributed by atoms with van der Waals surface area (Å²) >= 11 is 7.05. The molecule has 1 N–H and O–H groups in total. The normalized spacial score (nSPS) is 10.4. The lowest BCUT2D eigenvalue weighted by molar-refractivity contribution is 0.323. The molecule has 98 valence electrons. The number of rotatable bonds is 6. The van der Waals surface area contributed by atoms with Crippen molar-refractivity contribution in [3.63, 3.8) is 0 Å². The minimum absolute atomic E-state index is 0.467. The third-order valence-electron chi connectivity index (χ3n) is 2.27. The summed E-state index contributed by atoms with van der Waals surface area (Å²) in [4.78, 5) is 0. The van der Waals surface area contributed by atoms with Crippen LogP contribution in [0.15, 0.2) is 21.1 Å². The molecule has 0 spiro atoms. The Bertz CT molecular complexity index is 415. The largest absolute Gasteiger partial charge is 0.490 e. The van der Waals surface area contributed by atoms with Gasteiger partial charge in [0.05, 0.1) is 15.6 Å². The van der Waals surface area contributed by atoms with E-state index in [-0.39, 0.29) is 0 Å². The van der Waals surface area contributed by atoms with Crippen molar-refractivity contribution in [3.8, 4) is 18.1 Å². The molecule has 4 heteroatoms. The molecule has 0 amide bonds. The molecule has 0 aliphatic heterocycles. The minimum atomic E-state index is 0.467. The van der Waals surface area contributed by atoms with E-state index in [4.69, 9.17) is 11.2 Å². The first-order valence-corrected chi connectivity index (χ1v) is 7.40. The molecule has 0 radical (unpaired) electrons. The fourth-order valence-corrected chi connectivity index (χ4v) is 2.90. The first-order valence-electron chi connectivity index (χ1n) is 5.82. The van der Waals surface area contributed by atoms with Crippen molar-refractivity contribution in [2.45, 2.75) is 32.9 Å². The summed E-state index contributed by atoms with van der Waals surface area (Å²) in [5.74, 6) is 3.36. The van der Waals surface area contributed by atoms with E-state index < -0.39 is 0 Å². The molecular weight excluding hydrogens is 358 g/mol. The van der Waals surface area contributed by atoms with Gasteiger partial charge in [-0.15, -0.1) is 12.3 Å². The molecule has 0 heterocycles. The van der Waals surface area contributed by atoms with Crippen LogP contribution in [0.25, 0.3) is 0 Å². The summed E-state index contributed by atoms with van der Waals surface area (Å²) in [6.07, 6.45) is 5.81.